The van der Waals surface area contributed by atoms with Crippen molar-refractivity contribution in [1.82, 2.24) is 9.97 Å². The molecule has 0 fully saturated rings. The number of hydrogen-bond acceptors (Lipinski definition) is 2. The van der Waals surface area contributed by atoms with Crippen molar-refractivity contribution in [3.8, 4) is 89.5 Å². The first-order chi connectivity index (χ1) is 30.2. The van der Waals surface area contributed by atoms with Crippen LogP contribution >= 0.6 is 0 Å². The lowest BCUT2D eigenvalue weighted by Gasteiger charge is -2.30. The number of nitrogens with zero attached hydrogens (tertiary/aromatic N) is 2. The largest absolute Gasteiger partial charge is 0.228 e. The molecule has 0 unspecified atom stereocenters. The second-order valence-corrected chi connectivity index (χ2v) is 16.1. The third-order valence-electron chi connectivity index (χ3n) is 12.7. The molecular formula is C59H38N2. The third-order valence-corrected chi connectivity index (χ3v) is 12.7. The van der Waals surface area contributed by atoms with Crippen molar-refractivity contribution < 1.29 is 0 Å². The lowest BCUT2D eigenvalue weighted by atomic mass is 9.70. The number of hydrogen-bond donors (Lipinski definition) is 0. The van der Waals surface area contributed by atoms with Gasteiger partial charge in [-0.25, -0.2) is 9.97 Å². The molecule has 1 spiro atoms. The molecule has 284 valence electrons. The fourth-order valence-electron chi connectivity index (χ4n) is 10.1. The highest BCUT2D eigenvalue weighted by Crippen LogP contribution is 2.64. The molecule has 1 aromatic heterocycles. The van der Waals surface area contributed by atoms with Gasteiger partial charge in [-0.1, -0.05) is 206 Å². The second kappa shape index (κ2) is 14.1. The standard InChI is InChI=1S/C59H38N2/c1-3-17-39(18-4-1)55-38-56(61-58(60-55)40-19-5-2-6-20-40)46-26-15-24-44(37-46)42-22-13-21-41(35-42)43-23-14-25-45(36-43)47-30-16-34-54-57(47)50-29-9-12-33-53(50)59(54)51-31-10-7-27-48(51)49-28-8-11-32-52(49)59/h1-38H. The summed E-state index contributed by atoms with van der Waals surface area (Å²) in [6.07, 6.45) is 0. The summed E-state index contributed by atoms with van der Waals surface area (Å²) in [5.74, 6) is 0.713. The smallest absolute Gasteiger partial charge is 0.160 e. The Morgan fingerprint density at radius 3 is 1.23 bits per heavy atom. The molecule has 2 aliphatic carbocycles. The highest BCUT2D eigenvalue weighted by molar-refractivity contribution is 6.00. The van der Waals surface area contributed by atoms with Crippen molar-refractivity contribution in [2.75, 3.05) is 0 Å². The molecule has 0 amide bonds. The average Bonchev–Trinajstić information content (AvgIpc) is 3.82. The van der Waals surface area contributed by atoms with Crippen LogP contribution in [0.3, 0.4) is 0 Å². The van der Waals surface area contributed by atoms with Crippen LogP contribution in [0.1, 0.15) is 22.3 Å². The van der Waals surface area contributed by atoms with E-state index in [9.17, 15) is 0 Å². The van der Waals surface area contributed by atoms with E-state index in [0.29, 0.717) is 5.82 Å². The van der Waals surface area contributed by atoms with Gasteiger partial charge >= 0.3 is 0 Å². The molecule has 1 heterocycles. The predicted molar refractivity (Wildman–Crippen MR) is 251 cm³/mol. The fourth-order valence-corrected chi connectivity index (χ4v) is 10.1. The molecule has 0 radical (unpaired) electrons. The maximum atomic E-state index is 5.11. The number of aromatic nitrogens is 2. The summed E-state index contributed by atoms with van der Waals surface area (Å²) in [5, 5.41) is 0. The van der Waals surface area contributed by atoms with Crippen LogP contribution in [0.2, 0.25) is 0 Å². The van der Waals surface area contributed by atoms with Crippen molar-refractivity contribution in [2.24, 2.45) is 0 Å². The highest BCUT2D eigenvalue weighted by Gasteiger charge is 2.51. The summed E-state index contributed by atoms with van der Waals surface area (Å²) in [7, 11) is 0. The van der Waals surface area contributed by atoms with Crippen molar-refractivity contribution in [3.05, 3.63) is 253 Å². The predicted octanol–water partition coefficient (Wildman–Crippen LogP) is 14.8. The highest BCUT2D eigenvalue weighted by atomic mass is 14.9. The third kappa shape index (κ3) is 5.57. The molecule has 2 heteroatoms. The first-order valence-corrected chi connectivity index (χ1v) is 21.0. The summed E-state index contributed by atoms with van der Waals surface area (Å²) < 4.78 is 0. The first-order valence-electron chi connectivity index (χ1n) is 21.0. The van der Waals surface area contributed by atoms with Gasteiger partial charge in [0.2, 0.25) is 0 Å². The fraction of sp³-hybridized carbons (Fsp3) is 0.0169. The van der Waals surface area contributed by atoms with E-state index in [-0.39, 0.29) is 5.41 Å². The van der Waals surface area contributed by atoms with E-state index in [4.69, 9.17) is 9.97 Å². The van der Waals surface area contributed by atoms with E-state index >= 15 is 0 Å². The number of fused-ring (bicyclic) bond motifs is 10. The van der Waals surface area contributed by atoms with Crippen molar-refractivity contribution in [3.63, 3.8) is 0 Å². The Morgan fingerprint density at radius 2 is 0.623 bits per heavy atom. The van der Waals surface area contributed by atoms with Crippen molar-refractivity contribution in [2.45, 2.75) is 5.41 Å². The van der Waals surface area contributed by atoms with Gasteiger partial charge in [0.1, 0.15) is 0 Å². The molecule has 61 heavy (non-hydrogen) atoms. The average molecular weight is 775 g/mol. The van der Waals surface area contributed by atoms with E-state index in [1.165, 1.54) is 66.8 Å². The van der Waals surface area contributed by atoms with Gasteiger partial charge < -0.3 is 0 Å². The Morgan fingerprint density at radius 1 is 0.246 bits per heavy atom. The number of rotatable bonds is 6. The molecule has 10 aromatic rings. The minimum absolute atomic E-state index is 0.367. The zero-order valence-electron chi connectivity index (χ0n) is 33.3. The Kier molecular flexibility index (Phi) is 8.11. The maximum Gasteiger partial charge on any atom is 0.160 e. The molecule has 0 atom stereocenters. The molecular weight excluding hydrogens is 737 g/mol. The molecule has 2 aliphatic rings. The van der Waals surface area contributed by atoms with Crippen molar-refractivity contribution >= 4 is 0 Å². The second-order valence-electron chi connectivity index (χ2n) is 16.1. The quantitative estimate of drug-likeness (QED) is 0.168. The Hall–Kier alpha value is -7.94. The van der Waals surface area contributed by atoms with E-state index in [2.05, 4.69) is 206 Å². The Labute approximate surface area is 356 Å². The van der Waals surface area contributed by atoms with Crippen LogP contribution in [0.25, 0.3) is 89.5 Å². The van der Waals surface area contributed by atoms with Gasteiger partial charge in [0, 0.05) is 16.7 Å². The molecule has 0 aliphatic heterocycles. The lowest BCUT2D eigenvalue weighted by Crippen LogP contribution is -2.25. The SMILES string of the molecule is c1ccc(-c2cc(-c3cccc(-c4cccc(-c5cccc(-c6cccc7c6-c6ccccc6C76c7ccccc7-c7ccccc76)c5)c4)c3)nc(-c3ccccc3)n2)cc1. The van der Waals surface area contributed by atoms with Gasteiger partial charge in [-0.3, -0.25) is 0 Å². The van der Waals surface area contributed by atoms with Crippen LogP contribution in [0.5, 0.6) is 0 Å². The molecule has 0 saturated carbocycles. The summed E-state index contributed by atoms with van der Waals surface area (Å²) in [6, 6.07) is 83.4. The van der Waals surface area contributed by atoms with E-state index in [1.54, 1.807) is 0 Å². The summed E-state index contributed by atoms with van der Waals surface area (Å²) >= 11 is 0. The maximum absolute atomic E-state index is 5.11. The molecule has 12 rings (SSSR count). The van der Waals surface area contributed by atoms with Gasteiger partial charge in [0.05, 0.1) is 16.8 Å². The number of benzene rings is 9. The van der Waals surface area contributed by atoms with Crippen LogP contribution in [-0.4, -0.2) is 9.97 Å². The van der Waals surface area contributed by atoms with Crippen LogP contribution in [-0.2, 0) is 5.41 Å². The van der Waals surface area contributed by atoms with Gasteiger partial charge in [0.15, 0.2) is 5.82 Å². The van der Waals surface area contributed by atoms with Crippen LogP contribution < -0.4 is 0 Å². The normalized spacial score (nSPS) is 12.7. The van der Waals surface area contributed by atoms with Gasteiger partial charge in [-0.05, 0) is 102 Å². The zero-order valence-corrected chi connectivity index (χ0v) is 33.3. The van der Waals surface area contributed by atoms with E-state index in [1.807, 2.05) is 24.3 Å². The zero-order chi connectivity index (χ0) is 40.3. The first kappa shape index (κ1) is 35.0. The molecule has 2 nitrogen and oxygen atoms in total. The van der Waals surface area contributed by atoms with E-state index in [0.717, 1.165) is 39.2 Å². The van der Waals surface area contributed by atoms with Gasteiger partial charge in [0.25, 0.3) is 0 Å². The summed E-state index contributed by atoms with van der Waals surface area (Å²) in [6.45, 7) is 0. The summed E-state index contributed by atoms with van der Waals surface area (Å²) in [4.78, 5) is 10.1. The van der Waals surface area contributed by atoms with Gasteiger partial charge in [-0.15, -0.1) is 0 Å². The van der Waals surface area contributed by atoms with Gasteiger partial charge in [-0.2, -0.15) is 0 Å². The lowest BCUT2D eigenvalue weighted by molar-refractivity contribution is 0.794. The van der Waals surface area contributed by atoms with Crippen LogP contribution in [0.4, 0.5) is 0 Å². The molecule has 9 aromatic carbocycles. The monoisotopic (exact) mass is 774 g/mol. The molecule has 0 saturated heterocycles. The summed E-state index contributed by atoms with van der Waals surface area (Å²) in [5.41, 5.74) is 22.3. The minimum atomic E-state index is -0.367. The molecule has 0 bridgehead atoms. The van der Waals surface area contributed by atoms with E-state index < -0.39 is 0 Å². The van der Waals surface area contributed by atoms with Crippen molar-refractivity contribution in [1.29, 1.82) is 0 Å². The van der Waals surface area contributed by atoms with Crippen LogP contribution in [0, 0.1) is 0 Å². The Balaban J connectivity index is 0.941. The van der Waals surface area contributed by atoms with Crippen LogP contribution in [0.15, 0.2) is 231 Å². The molecule has 0 N–H and O–H groups in total. The minimum Gasteiger partial charge on any atom is -0.228 e. The Bertz CT molecular complexity index is 3210. The topological polar surface area (TPSA) is 25.8 Å².